The Morgan fingerprint density at radius 3 is 2.43 bits per heavy atom. The second kappa shape index (κ2) is 11.7. The highest BCUT2D eigenvalue weighted by Gasteiger charge is 2.34. The van der Waals surface area contributed by atoms with Gasteiger partial charge in [0.05, 0.1) is 42.1 Å². The van der Waals surface area contributed by atoms with E-state index in [1.165, 1.54) is 38.0 Å². The molecule has 214 valence electrons. The summed E-state index contributed by atoms with van der Waals surface area (Å²) in [5, 5.41) is 14.5. The minimum atomic E-state index is -0.891. The van der Waals surface area contributed by atoms with Crippen LogP contribution in [0.1, 0.15) is 24.1 Å². The Morgan fingerprint density at radius 1 is 1.02 bits per heavy atom. The van der Waals surface area contributed by atoms with Crippen LogP contribution in [0.25, 0.3) is 6.08 Å². The standard InChI is InChI=1S/C30H26N4O7S/c1-17-26(28(35)32-19-8-6-5-7-9-19)27(21-12-11-20(39-2)16-24(21)41-4)33-29(36)25(42-30(33)31-17)15-18-10-13-23(40-3)22(14-18)34(37)38/h5-16,27H,1-4H3,(H,32,35)/b25-15-/t27-/m1/s1. The number of nitro groups is 1. The van der Waals surface area contributed by atoms with Crippen molar-refractivity contribution in [2.75, 3.05) is 26.6 Å². The summed E-state index contributed by atoms with van der Waals surface area (Å²) in [7, 11) is 4.38. The predicted octanol–water partition coefficient (Wildman–Crippen LogP) is 3.81. The molecule has 1 amide bonds. The van der Waals surface area contributed by atoms with Gasteiger partial charge in [0.25, 0.3) is 11.5 Å². The molecule has 0 saturated carbocycles. The van der Waals surface area contributed by atoms with Crippen LogP contribution in [0.5, 0.6) is 17.2 Å². The third-order valence-electron chi connectivity index (χ3n) is 6.73. The number of carbonyl (C=O) groups excluding carboxylic acids is 1. The zero-order valence-corrected chi connectivity index (χ0v) is 23.9. The van der Waals surface area contributed by atoms with Gasteiger partial charge in [-0.15, -0.1) is 0 Å². The van der Waals surface area contributed by atoms with E-state index in [1.54, 1.807) is 61.5 Å². The lowest BCUT2D eigenvalue weighted by atomic mass is 9.94. The van der Waals surface area contributed by atoms with Crippen LogP contribution < -0.4 is 34.4 Å². The van der Waals surface area contributed by atoms with Gasteiger partial charge in [-0.05, 0) is 48.9 Å². The fourth-order valence-electron chi connectivity index (χ4n) is 4.76. The molecule has 11 nitrogen and oxygen atoms in total. The lowest BCUT2D eigenvalue weighted by Crippen LogP contribution is -2.40. The molecule has 2 heterocycles. The molecule has 3 aromatic carbocycles. The molecule has 1 atom stereocenters. The first-order valence-electron chi connectivity index (χ1n) is 12.7. The van der Waals surface area contributed by atoms with Crippen molar-refractivity contribution in [1.29, 1.82) is 0 Å². The molecule has 42 heavy (non-hydrogen) atoms. The van der Waals surface area contributed by atoms with Crippen molar-refractivity contribution >= 4 is 34.7 Å². The van der Waals surface area contributed by atoms with Crippen LogP contribution in [-0.2, 0) is 4.79 Å². The van der Waals surface area contributed by atoms with Gasteiger partial charge in [-0.25, -0.2) is 4.99 Å². The highest BCUT2D eigenvalue weighted by molar-refractivity contribution is 7.07. The SMILES string of the molecule is COc1ccc([C@@H]2C(C(=O)Nc3ccccc3)=C(C)N=c3s/c(=C\c4ccc(OC)c([N+](=O)[O-])c4)c(=O)n32)c(OC)c1. The van der Waals surface area contributed by atoms with E-state index >= 15 is 0 Å². The van der Waals surface area contributed by atoms with Crippen molar-refractivity contribution in [1.82, 2.24) is 4.57 Å². The zero-order valence-electron chi connectivity index (χ0n) is 23.1. The van der Waals surface area contributed by atoms with E-state index in [1.807, 2.05) is 6.07 Å². The zero-order chi connectivity index (χ0) is 30.0. The van der Waals surface area contributed by atoms with Crippen molar-refractivity contribution in [3.63, 3.8) is 0 Å². The number of methoxy groups -OCH3 is 3. The van der Waals surface area contributed by atoms with Crippen LogP contribution in [0.4, 0.5) is 11.4 Å². The first-order chi connectivity index (χ1) is 20.2. The minimum absolute atomic E-state index is 0.106. The summed E-state index contributed by atoms with van der Waals surface area (Å²) in [4.78, 5) is 43.8. The third kappa shape index (κ3) is 5.27. The highest BCUT2D eigenvalue weighted by Crippen LogP contribution is 2.37. The number of anilines is 1. The maximum atomic E-state index is 14.0. The summed E-state index contributed by atoms with van der Waals surface area (Å²) in [6, 6.07) is 17.7. The van der Waals surface area contributed by atoms with E-state index in [4.69, 9.17) is 14.2 Å². The fraction of sp³-hybridized carbons (Fsp3) is 0.167. The lowest BCUT2D eigenvalue weighted by Gasteiger charge is -2.26. The number of nitrogens with zero attached hydrogens (tertiary/aromatic N) is 3. The molecule has 1 aliphatic rings. The van der Waals surface area contributed by atoms with E-state index < -0.39 is 22.4 Å². The minimum Gasteiger partial charge on any atom is -0.497 e. The Bertz CT molecular complexity index is 1910. The van der Waals surface area contributed by atoms with Gasteiger partial charge in [0, 0.05) is 23.4 Å². The van der Waals surface area contributed by atoms with Gasteiger partial charge in [-0.3, -0.25) is 24.3 Å². The summed E-state index contributed by atoms with van der Waals surface area (Å²) < 4.78 is 17.9. The van der Waals surface area contributed by atoms with Crippen molar-refractivity contribution in [2.24, 2.45) is 4.99 Å². The average Bonchev–Trinajstić information content (AvgIpc) is 3.30. The normalized spacial score (nSPS) is 14.6. The number of carbonyl (C=O) groups is 1. The molecule has 0 radical (unpaired) electrons. The number of allylic oxidation sites excluding steroid dienone is 1. The van der Waals surface area contributed by atoms with Crippen LogP contribution in [-0.4, -0.2) is 36.7 Å². The first kappa shape index (κ1) is 28.3. The molecule has 0 bridgehead atoms. The summed E-state index contributed by atoms with van der Waals surface area (Å²) in [6.07, 6.45) is 1.56. The molecule has 5 rings (SSSR count). The quantitative estimate of drug-likeness (QED) is 0.245. The van der Waals surface area contributed by atoms with E-state index in [0.29, 0.717) is 38.8 Å². The maximum absolute atomic E-state index is 14.0. The number of para-hydroxylation sites is 1. The fourth-order valence-corrected chi connectivity index (χ4v) is 5.81. The Balaban J connectivity index is 1.71. The number of amides is 1. The van der Waals surface area contributed by atoms with Gasteiger partial charge in [0.2, 0.25) is 0 Å². The average molecular weight is 587 g/mol. The van der Waals surface area contributed by atoms with Crippen LogP contribution in [0.15, 0.2) is 87.8 Å². The molecule has 1 N–H and O–H groups in total. The summed E-state index contributed by atoms with van der Waals surface area (Å²) in [6.45, 7) is 1.72. The van der Waals surface area contributed by atoms with Gasteiger partial charge in [-0.2, -0.15) is 0 Å². The molecular formula is C30H26N4O7S. The molecule has 0 spiro atoms. The largest absolute Gasteiger partial charge is 0.497 e. The van der Waals surface area contributed by atoms with Gasteiger partial charge >= 0.3 is 5.69 Å². The Kier molecular flexibility index (Phi) is 7.89. The van der Waals surface area contributed by atoms with Crippen LogP contribution in [0, 0.1) is 10.1 Å². The van der Waals surface area contributed by atoms with Gasteiger partial charge in [0.15, 0.2) is 10.6 Å². The van der Waals surface area contributed by atoms with E-state index in [9.17, 15) is 19.7 Å². The molecule has 0 saturated heterocycles. The molecule has 0 aliphatic carbocycles. The van der Waals surface area contributed by atoms with Crippen molar-refractivity contribution in [3.8, 4) is 17.2 Å². The number of fused-ring (bicyclic) bond motifs is 1. The van der Waals surface area contributed by atoms with Gasteiger partial charge in [0.1, 0.15) is 17.5 Å². The van der Waals surface area contributed by atoms with Crippen LogP contribution in [0.3, 0.4) is 0 Å². The topological polar surface area (TPSA) is 134 Å². The van der Waals surface area contributed by atoms with E-state index in [2.05, 4.69) is 10.3 Å². The predicted molar refractivity (Wildman–Crippen MR) is 158 cm³/mol. The summed E-state index contributed by atoms with van der Waals surface area (Å²) in [5.74, 6) is 0.639. The van der Waals surface area contributed by atoms with Crippen LogP contribution >= 0.6 is 11.3 Å². The van der Waals surface area contributed by atoms with E-state index in [0.717, 1.165) is 11.3 Å². The van der Waals surface area contributed by atoms with Crippen molar-refractivity contribution in [3.05, 3.63) is 119 Å². The monoisotopic (exact) mass is 586 g/mol. The van der Waals surface area contributed by atoms with Crippen LogP contribution in [0.2, 0.25) is 0 Å². The summed E-state index contributed by atoms with van der Waals surface area (Å²) in [5.41, 5.74) is 1.62. The number of hydrogen-bond acceptors (Lipinski definition) is 9. The second-order valence-corrected chi connectivity index (χ2v) is 10.2. The molecule has 12 heteroatoms. The number of thiazole rings is 1. The van der Waals surface area contributed by atoms with E-state index in [-0.39, 0.29) is 21.5 Å². The number of hydrogen-bond donors (Lipinski definition) is 1. The smallest absolute Gasteiger partial charge is 0.311 e. The Hall–Kier alpha value is -5.23. The number of rotatable bonds is 8. The Labute approximate surface area is 243 Å². The number of nitrogens with one attached hydrogen (secondary N) is 1. The number of nitro benzene ring substituents is 1. The lowest BCUT2D eigenvalue weighted by molar-refractivity contribution is -0.385. The third-order valence-corrected chi connectivity index (χ3v) is 7.71. The molecule has 1 aromatic heterocycles. The first-order valence-corrected chi connectivity index (χ1v) is 13.5. The number of aromatic nitrogens is 1. The maximum Gasteiger partial charge on any atom is 0.311 e. The molecule has 4 aromatic rings. The number of ether oxygens (including phenoxy) is 3. The number of benzene rings is 3. The van der Waals surface area contributed by atoms with Crippen molar-refractivity contribution in [2.45, 2.75) is 13.0 Å². The molecule has 0 fully saturated rings. The van der Waals surface area contributed by atoms with Gasteiger partial charge in [-0.1, -0.05) is 35.6 Å². The second-order valence-electron chi connectivity index (χ2n) is 9.20. The molecule has 1 aliphatic heterocycles. The molecular weight excluding hydrogens is 560 g/mol. The highest BCUT2D eigenvalue weighted by atomic mass is 32.1. The molecule has 0 unspecified atom stereocenters. The summed E-state index contributed by atoms with van der Waals surface area (Å²) >= 11 is 1.12. The van der Waals surface area contributed by atoms with Gasteiger partial charge < -0.3 is 19.5 Å². The van der Waals surface area contributed by atoms with Crippen molar-refractivity contribution < 1.29 is 23.9 Å². The Morgan fingerprint density at radius 2 is 1.76 bits per heavy atom.